The van der Waals surface area contributed by atoms with Crippen molar-refractivity contribution in [3.05, 3.63) is 0 Å². The van der Waals surface area contributed by atoms with Gasteiger partial charge < -0.3 is 0 Å². The van der Waals surface area contributed by atoms with Crippen LogP contribution in [0.2, 0.25) is 0 Å². The lowest BCUT2D eigenvalue weighted by atomic mass is 10.1. The first-order chi connectivity index (χ1) is 8.91. The van der Waals surface area contributed by atoms with E-state index < -0.39 is 0 Å². The lowest BCUT2D eigenvalue weighted by Gasteiger charge is -2.03. The molecule has 0 aliphatic carbocycles. The molecule has 110 valence electrons. The van der Waals surface area contributed by atoms with Gasteiger partial charge in [0.2, 0.25) is 0 Å². The highest BCUT2D eigenvalue weighted by atomic mass is 32.2. The third kappa shape index (κ3) is 16.4. The number of hydrogen-bond donors (Lipinski definition) is 0. The molecule has 0 fully saturated rings. The molecule has 0 aromatic heterocycles. The molecule has 0 saturated heterocycles. The molecule has 0 bridgehead atoms. The maximum atomic E-state index is 2.29. The zero-order chi connectivity index (χ0) is 13.3. The standard InChI is InChI=1S/C17H36S/c1-3-5-7-8-9-10-11-12-13-14-15-17-18-16-6-4-2/h3-17H2,1-2H3. The topological polar surface area (TPSA) is 0 Å². The van der Waals surface area contributed by atoms with Crippen LogP contribution in [0, 0.1) is 0 Å². The minimum atomic E-state index is 1.35. The molecule has 0 aliphatic heterocycles. The van der Waals surface area contributed by atoms with Gasteiger partial charge in [0.15, 0.2) is 0 Å². The summed E-state index contributed by atoms with van der Waals surface area (Å²) in [5.41, 5.74) is 0. The molecule has 0 spiro atoms. The van der Waals surface area contributed by atoms with Crippen molar-refractivity contribution < 1.29 is 0 Å². The van der Waals surface area contributed by atoms with Crippen molar-refractivity contribution in [2.75, 3.05) is 11.5 Å². The monoisotopic (exact) mass is 272 g/mol. The molecular formula is C17H36S. The molecule has 1 heteroatoms. The normalized spacial score (nSPS) is 11.0. The predicted molar refractivity (Wildman–Crippen MR) is 88.7 cm³/mol. The molecule has 0 nitrogen and oxygen atoms in total. The number of rotatable bonds is 15. The number of hydrogen-bond acceptors (Lipinski definition) is 1. The lowest BCUT2D eigenvalue weighted by molar-refractivity contribution is 0.555. The molecule has 0 amide bonds. The van der Waals surface area contributed by atoms with E-state index in [9.17, 15) is 0 Å². The Bertz CT molecular complexity index is 118. The third-order valence-electron chi connectivity index (χ3n) is 3.53. The van der Waals surface area contributed by atoms with E-state index >= 15 is 0 Å². The molecule has 0 aliphatic rings. The fourth-order valence-corrected chi connectivity index (χ4v) is 3.32. The third-order valence-corrected chi connectivity index (χ3v) is 4.69. The van der Waals surface area contributed by atoms with E-state index in [0.29, 0.717) is 0 Å². The quantitative estimate of drug-likeness (QED) is 0.294. The van der Waals surface area contributed by atoms with Crippen LogP contribution in [-0.2, 0) is 0 Å². The lowest BCUT2D eigenvalue weighted by Crippen LogP contribution is -1.85. The first kappa shape index (κ1) is 18.4. The second kappa shape index (κ2) is 17.4. The Hall–Kier alpha value is 0.350. The summed E-state index contributed by atoms with van der Waals surface area (Å²) in [5, 5.41) is 0. The Kier molecular flexibility index (Phi) is 17.7. The van der Waals surface area contributed by atoms with Crippen LogP contribution < -0.4 is 0 Å². The van der Waals surface area contributed by atoms with Gasteiger partial charge in [0.1, 0.15) is 0 Å². The summed E-state index contributed by atoms with van der Waals surface area (Å²) < 4.78 is 0. The summed E-state index contributed by atoms with van der Waals surface area (Å²) in [5.74, 6) is 2.78. The van der Waals surface area contributed by atoms with E-state index in [-0.39, 0.29) is 0 Å². The number of thioether (sulfide) groups is 1. The van der Waals surface area contributed by atoms with E-state index in [1.54, 1.807) is 0 Å². The molecule has 0 aromatic carbocycles. The van der Waals surface area contributed by atoms with Crippen molar-refractivity contribution in [3.8, 4) is 0 Å². The zero-order valence-corrected chi connectivity index (χ0v) is 13.8. The van der Waals surface area contributed by atoms with Crippen LogP contribution in [0.1, 0.15) is 97.3 Å². The zero-order valence-electron chi connectivity index (χ0n) is 13.0. The smallest absolute Gasteiger partial charge is 0.00675 e. The van der Waals surface area contributed by atoms with E-state index in [1.807, 2.05) is 0 Å². The van der Waals surface area contributed by atoms with Gasteiger partial charge >= 0.3 is 0 Å². The van der Waals surface area contributed by atoms with Crippen LogP contribution in [0.3, 0.4) is 0 Å². The maximum absolute atomic E-state index is 2.29. The highest BCUT2D eigenvalue weighted by molar-refractivity contribution is 7.99. The summed E-state index contributed by atoms with van der Waals surface area (Å²) in [6, 6.07) is 0. The van der Waals surface area contributed by atoms with Gasteiger partial charge in [-0.05, 0) is 24.3 Å². The van der Waals surface area contributed by atoms with E-state index in [2.05, 4.69) is 25.6 Å². The molecule has 0 saturated carbocycles. The van der Waals surface area contributed by atoms with Crippen molar-refractivity contribution in [2.45, 2.75) is 97.3 Å². The molecule has 0 atom stereocenters. The predicted octanol–water partition coefficient (Wildman–Crippen LogP) is 6.83. The minimum absolute atomic E-state index is 1.35. The summed E-state index contributed by atoms with van der Waals surface area (Å²) in [6.07, 6.45) is 18.8. The largest absolute Gasteiger partial charge is 0.162 e. The molecule has 0 aromatic rings. The Morgan fingerprint density at radius 1 is 0.444 bits per heavy atom. The van der Waals surface area contributed by atoms with Gasteiger partial charge in [0.05, 0.1) is 0 Å². The maximum Gasteiger partial charge on any atom is -0.00675 e. The summed E-state index contributed by atoms with van der Waals surface area (Å²) >= 11 is 2.16. The Morgan fingerprint density at radius 2 is 0.833 bits per heavy atom. The Morgan fingerprint density at radius 3 is 1.33 bits per heavy atom. The first-order valence-corrected chi connectivity index (χ1v) is 9.65. The Balaban J connectivity index is 2.86. The average Bonchev–Trinajstić information content (AvgIpc) is 2.39. The van der Waals surface area contributed by atoms with Crippen LogP contribution in [0.4, 0.5) is 0 Å². The van der Waals surface area contributed by atoms with Gasteiger partial charge in [-0.15, -0.1) is 0 Å². The molecule has 0 unspecified atom stereocenters. The van der Waals surface area contributed by atoms with Crippen molar-refractivity contribution in [1.29, 1.82) is 0 Å². The molecule has 18 heavy (non-hydrogen) atoms. The van der Waals surface area contributed by atoms with Crippen molar-refractivity contribution in [2.24, 2.45) is 0 Å². The average molecular weight is 273 g/mol. The fourth-order valence-electron chi connectivity index (χ4n) is 2.22. The second-order valence-electron chi connectivity index (χ2n) is 5.50. The molecular weight excluding hydrogens is 236 g/mol. The first-order valence-electron chi connectivity index (χ1n) is 8.49. The number of unbranched alkanes of at least 4 members (excludes halogenated alkanes) is 11. The Labute approximate surface area is 121 Å². The van der Waals surface area contributed by atoms with Gasteiger partial charge in [-0.25, -0.2) is 0 Å². The van der Waals surface area contributed by atoms with E-state index in [1.165, 1.54) is 95.0 Å². The fraction of sp³-hybridized carbons (Fsp3) is 1.00. The van der Waals surface area contributed by atoms with Gasteiger partial charge in [-0.3, -0.25) is 0 Å². The molecule has 0 N–H and O–H groups in total. The van der Waals surface area contributed by atoms with Crippen LogP contribution in [0.5, 0.6) is 0 Å². The SMILES string of the molecule is CCCCCCCCCCCCCSCCCC. The second-order valence-corrected chi connectivity index (χ2v) is 6.73. The highest BCUT2D eigenvalue weighted by Crippen LogP contribution is 2.13. The molecule has 0 heterocycles. The highest BCUT2D eigenvalue weighted by Gasteiger charge is 1.93. The van der Waals surface area contributed by atoms with Gasteiger partial charge in [-0.1, -0.05) is 84.5 Å². The van der Waals surface area contributed by atoms with Gasteiger partial charge in [-0.2, -0.15) is 11.8 Å². The van der Waals surface area contributed by atoms with Crippen LogP contribution in [0.25, 0.3) is 0 Å². The van der Waals surface area contributed by atoms with Crippen LogP contribution in [0.15, 0.2) is 0 Å². The van der Waals surface area contributed by atoms with Crippen LogP contribution >= 0.6 is 11.8 Å². The van der Waals surface area contributed by atoms with Crippen molar-refractivity contribution >= 4 is 11.8 Å². The van der Waals surface area contributed by atoms with E-state index in [4.69, 9.17) is 0 Å². The molecule has 0 rings (SSSR count). The summed E-state index contributed by atoms with van der Waals surface area (Å²) in [7, 11) is 0. The van der Waals surface area contributed by atoms with Gasteiger partial charge in [0, 0.05) is 0 Å². The van der Waals surface area contributed by atoms with Crippen molar-refractivity contribution in [3.63, 3.8) is 0 Å². The minimum Gasteiger partial charge on any atom is -0.162 e. The van der Waals surface area contributed by atoms with Gasteiger partial charge in [0.25, 0.3) is 0 Å². The molecule has 0 radical (unpaired) electrons. The van der Waals surface area contributed by atoms with Crippen LogP contribution in [-0.4, -0.2) is 11.5 Å². The summed E-state index contributed by atoms with van der Waals surface area (Å²) in [6.45, 7) is 4.57. The van der Waals surface area contributed by atoms with E-state index in [0.717, 1.165) is 0 Å². The summed E-state index contributed by atoms with van der Waals surface area (Å²) in [4.78, 5) is 0. The van der Waals surface area contributed by atoms with Crippen molar-refractivity contribution in [1.82, 2.24) is 0 Å².